The van der Waals surface area contributed by atoms with Gasteiger partial charge in [-0.05, 0) is 45.8 Å². The largest absolute Gasteiger partial charge is 0.282 e. The molecule has 0 fully saturated rings. The molecule has 0 aliphatic carbocycles. The maximum absolute atomic E-state index is 12.0. The van der Waals surface area contributed by atoms with E-state index < -0.39 is 10.0 Å². The van der Waals surface area contributed by atoms with Crippen molar-refractivity contribution < 1.29 is 8.42 Å². The number of halogens is 2. The van der Waals surface area contributed by atoms with Gasteiger partial charge in [-0.3, -0.25) is 4.72 Å². The summed E-state index contributed by atoms with van der Waals surface area (Å²) >= 11 is 9.06. The summed E-state index contributed by atoms with van der Waals surface area (Å²) in [7, 11) is -3.45. The highest BCUT2D eigenvalue weighted by atomic mass is 79.9. The van der Waals surface area contributed by atoms with Crippen LogP contribution in [-0.4, -0.2) is 8.42 Å². The Balaban J connectivity index is 2.15. The average Bonchev–Trinajstić information content (AvgIpc) is 2.35. The summed E-state index contributed by atoms with van der Waals surface area (Å²) in [6, 6.07) is 13.8. The number of anilines is 1. The van der Waals surface area contributed by atoms with Crippen LogP contribution < -0.4 is 4.72 Å². The molecule has 19 heavy (non-hydrogen) atoms. The van der Waals surface area contributed by atoms with Gasteiger partial charge in [-0.25, -0.2) is 8.42 Å². The van der Waals surface area contributed by atoms with E-state index in [1.807, 2.05) is 6.07 Å². The number of nitrogens with one attached hydrogen (secondary N) is 1. The Hall–Kier alpha value is -1.04. The third-order valence-electron chi connectivity index (χ3n) is 2.41. The van der Waals surface area contributed by atoms with Crippen LogP contribution in [0.1, 0.15) is 5.56 Å². The predicted molar refractivity (Wildman–Crippen MR) is 81.8 cm³/mol. The molecule has 100 valence electrons. The van der Waals surface area contributed by atoms with Gasteiger partial charge < -0.3 is 0 Å². The molecule has 0 spiro atoms. The van der Waals surface area contributed by atoms with Gasteiger partial charge in [0.15, 0.2) is 0 Å². The zero-order valence-corrected chi connectivity index (χ0v) is 13.0. The molecule has 3 nitrogen and oxygen atoms in total. The highest BCUT2D eigenvalue weighted by Gasteiger charge is 2.13. The van der Waals surface area contributed by atoms with Crippen LogP contribution in [0.25, 0.3) is 0 Å². The monoisotopic (exact) mass is 359 g/mol. The van der Waals surface area contributed by atoms with Gasteiger partial charge in [0, 0.05) is 9.50 Å². The Morgan fingerprint density at radius 3 is 2.32 bits per heavy atom. The molecule has 0 amide bonds. The Bertz CT molecular complexity index is 671. The van der Waals surface area contributed by atoms with Crippen LogP contribution in [0.5, 0.6) is 0 Å². The van der Waals surface area contributed by atoms with Crippen molar-refractivity contribution in [2.75, 3.05) is 4.72 Å². The first-order valence-corrected chi connectivity index (χ1v) is 8.28. The van der Waals surface area contributed by atoms with Crippen molar-refractivity contribution in [3.8, 4) is 0 Å². The molecule has 0 radical (unpaired) electrons. The van der Waals surface area contributed by atoms with Crippen LogP contribution in [0.4, 0.5) is 5.69 Å². The third kappa shape index (κ3) is 4.23. The highest BCUT2D eigenvalue weighted by molar-refractivity contribution is 9.10. The molecule has 0 atom stereocenters. The zero-order valence-electron chi connectivity index (χ0n) is 9.81. The Labute approximate surface area is 125 Å². The van der Waals surface area contributed by atoms with E-state index in [-0.39, 0.29) is 5.75 Å². The first-order chi connectivity index (χ1) is 8.96. The van der Waals surface area contributed by atoms with E-state index >= 15 is 0 Å². The van der Waals surface area contributed by atoms with Gasteiger partial charge in [0.05, 0.1) is 11.4 Å². The molecule has 6 heteroatoms. The van der Waals surface area contributed by atoms with E-state index in [4.69, 9.17) is 11.6 Å². The molecule has 0 heterocycles. The standard InChI is InChI=1S/C13H11BrClNO2S/c14-12-3-1-2-4-13(12)16-19(17,18)9-10-5-7-11(15)8-6-10/h1-8,16H,9H2. The predicted octanol–water partition coefficient (Wildman–Crippen LogP) is 4.04. The van der Waals surface area contributed by atoms with Gasteiger partial charge in [0.2, 0.25) is 10.0 Å². The van der Waals surface area contributed by atoms with Gasteiger partial charge in [-0.15, -0.1) is 0 Å². The maximum atomic E-state index is 12.0. The molecule has 0 saturated heterocycles. The van der Waals surface area contributed by atoms with E-state index in [0.717, 1.165) is 0 Å². The van der Waals surface area contributed by atoms with Crippen LogP contribution in [0.2, 0.25) is 5.02 Å². The molecule has 0 bridgehead atoms. The second-order valence-corrected chi connectivity index (χ2v) is 6.98. The Morgan fingerprint density at radius 1 is 1.05 bits per heavy atom. The lowest BCUT2D eigenvalue weighted by atomic mass is 10.2. The lowest BCUT2D eigenvalue weighted by Crippen LogP contribution is -2.15. The number of hydrogen-bond acceptors (Lipinski definition) is 2. The van der Waals surface area contributed by atoms with Gasteiger partial charge in [-0.2, -0.15) is 0 Å². The summed E-state index contributed by atoms with van der Waals surface area (Å²) in [5.74, 6) is -0.0918. The molecule has 0 aromatic heterocycles. The Morgan fingerprint density at radius 2 is 1.68 bits per heavy atom. The molecule has 0 unspecified atom stereocenters. The molecule has 1 N–H and O–H groups in total. The molecule has 2 aromatic carbocycles. The van der Waals surface area contributed by atoms with Crippen molar-refractivity contribution >= 4 is 43.2 Å². The van der Waals surface area contributed by atoms with Crippen molar-refractivity contribution in [1.29, 1.82) is 0 Å². The van der Waals surface area contributed by atoms with Crippen molar-refractivity contribution in [3.05, 3.63) is 63.6 Å². The molecule has 2 aromatic rings. The minimum absolute atomic E-state index is 0.0918. The summed E-state index contributed by atoms with van der Waals surface area (Å²) < 4.78 is 27.3. The maximum Gasteiger partial charge on any atom is 0.236 e. The number of sulfonamides is 1. The minimum atomic E-state index is -3.45. The minimum Gasteiger partial charge on any atom is -0.282 e. The molecule has 0 aliphatic heterocycles. The third-order valence-corrected chi connectivity index (χ3v) is 4.60. The second-order valence-electron chi connectivity index (χ2n) is 3.97. The van der Waals surface area contributed by atoms with Crippen molar-refractivity contribution in [2.45, 2.75) is 5.75 Å². The molecular formula is C13H11BrClNO2S. The number of para-hydroxylation sites is 1. The highest BCUT2D eigenvalue weighted by Crippen LogP contribution is 2.23. The fourth-order valence-electron chi connectivity index (χ4n) is 1.55. The summed E-state index contributed by atoms with van der Waals surface area (Å²) in [4.78, 5) is 0. The van der Waals surface area contributed by atoms with Crippen molar-refractivity contribution in [3.63, 3.8) is 0 Å². The quantitative estimate of drug-likeness (QED) is 0.894. The van der Waals surface area contributed by atoms with E-state index in [9.17, 15) is 8.42 Å². The number of rotatable bonds is 4. The second kappa shape index (κ2) is 5.94. The SMILES string of the molecule is O=S(=O)(Cc1ccc(Cl)cc1)Nc1ccccc1Br. The van der Waals surface area contributed by atoms with Gasteiger partial charge in [0.1, 0.15) is 0 Å². The Kier molecular flexibility index (Phi) is 4.50. The topological polar surface area (TPSA) is 46.2 Å². The van der Waals surface area contributed by atoms with E-state index in [2.05, 4.69) is 20.7 Å². The van der Waals surface area contributed by atoms with Crippen LogP contribution in [0.3, 0.4) is 0 Å². The number of hydrogen-bond donors (Lipinski definition) is 1. The van der Waals surface area contributed by atoms with Crippen LogP contribution >= 0.6 is 27.5 Å². The first kappa shape index (κ1) is 14.4. The fourth-order valence-corrected chi connectivity index (χ4v) is 3.41. The normalized spacial score (nSPS) is 11.3. The molecule has 0 aliphatic rings. The van der Waals surface area contributed by atoms with E-state index in [0.29, 0.717) is 20.7 Å². The molecule has 0 saturated carbocycles. The van der Waals surface area contributed by atoms with Crippen molar-refractivity contribution in [1.82, 2.24) is 0 Å². The van der Waals surface area contributed by atoms with Gasteiger partial charge >= 0.3 is 0 Å². The summed E-state index contributed by atoms with van der Waals surface area (Å²) in [5.41, 5.74) is 1.21. The van der Waals surface area contributed by atoms with E-state index in [1.165, 1.54) is 0 Å². The first-order valence-electron chi connectivity index (χ1n) is 5.46. The van der Waals surface area contributed by atoms with Crippen LogP contribution in [-0.2, 0) is 15.8 Å². The fraction of sp³-hybridized carbons (Fsp3) is 0.0769. The lowest BCUT2D eigenvalue weighted by molar-refractivity contribution is 0.600. The summed E-state index contributed by atoms with van der Waals surface area (Å²) in [6.07, 6.45) is 0. The van der Waals surface area contributed by atoms with E-state index in [1.54, 1.807) is 42.5 Å². The molecule has 2 rings (SSSR count). The zero-order chi connectivity index (χ0) is 13.9. The summed E-state index contributed by atoms with van der Waals surface area (Å²) in [5, 5.41) is 0.583. The average molecular weight is 361 g/mol. The van der Waals surface area contributed by atoms with Gasteiger partial charge in [0.25, 0.3) is 0 Å². The van der Waals surface area contributed by atoms with Crippen LogP contribution in [0.15, 0.2) is 53.0 Å². The summed E-state index contributed by atoms with van der Waals surface area (Å²) in [6.45, 7) is 0. The lowest BCUT2D eigenvalue weighted by Gasteiger charge is -2.09. The number of benzene rings is 2. The van der Waals surface area contributed by atoms with Gasteiger partial charge in [-0.1, -0.05) is 35.9 Å². The van der Waals surface area contributed by atoms with Crippen molar-refractivity contribution in [2.24, 2.45) is 0 Å². The van der Waals surface area contributed by atoms with Crippen LogP contribution in [0, 0.1) is 0 Å². The smallest absolute Gasteiger partial charge is 0.236 e. The molecular weight excluding hydrogens is 350 g/mol.